The van der Waals surface area contributed by atoms with E-state index in [0.29, 0.717) is 0 Å². The lowest BCUT2D eigenvalue weighted by molar-refractivity contribution is 0.511. The predicted molar refractivity (Wildman–Crippen MR) is 75.0 cm³/mol. The first-order valence-corrected chi connectivity index (χ1v) is 8.33. The molecule has 0 bridgehead atoms. The average Bonchev–Trinajstić information content (AvgIpc) is 2.38. The molecule has 0 aromatic heterocycles. The third-order valence-corrected chi connectivity index (χ3v) is 6.86. The Kier molecular flexibility index (Phi) is 4.85. The molecule has 16 heavy (non-hydrogen) atoms. The van der Waals surface area contributed by atoms with Gasteiger partial charge in [0.1, 0.15) is 0 Å². The highest BCUT2D eigenvalue weighted by Gasteiger charge is 2.23. The zero-order valence-electron chi connectivity index (χ0n) is 10.4. The van der Waals surface area contributed by atoms with Gasteiger partial charge in [-0.2, -0.15) is 0 Å². The minimum Gasteiger partial charge on any atom is -0.0722 e. The van der Waals surface area contributed by atoms with Crippen LogP contribution in [-0.4, -0.2) is 11.8 Å². The first-order valence-electron chi connectivity index (χ1n) is 6.73. The van der Waals surface area contributed by atoms with E-state index in [-0.39, 0.29) is 7.92 Å². The molecule has 88 valence electrons. The van der Waals surface area contributed by atoms with Crippen molar-refractivity contribution in [1.29, 1.82) is 0 Å². The van der Waals surface area contributed by atoms with Crippen LogP contribution < -0.4 is 5.30 Å². The summed E-state index contributed by atoms with van der Waals surface area (Å²) in [6, 6.07) is 11.3. The Balaban J connectivity index is 2.09. The molecule has 0 N–H and O–H groups in total. The zero-order valence-corrected chi connectivity index (χ0v) is 11.3. The predicted octanol–water partition coefficient (Wildman–Crippen LogP) is 4.54. The Morgan fingerprint density at radius 2 is 1.75 bits per heavy atom. The Morgan fingerprint density at radius 1 is 1.06 bits per heavy atom. The minimum atomic E-state index is 0.126. The smallest absolute Gasteiger partial charge is 0.0169 e. The fraction of sp³-hybridized carbons (Fsp3) is 0.600. The summed E-state index contributed by atoms with van der Waals surface area (Å²) in [5.41, 5.74) is 1.02. The summed E-state index contributed by atoms with van der Waals surface area (Å²) in [5, 5.41) is 1.64. The second-order valence-electron chi connectivity index (χ2n) is 4.82. The van der Waals surface area contributed by atoms with E-state index in [2.05, 4.69) is 37.3 Å². The molecule has 1 fully saturated rings. The van der Waals surface area contributed by atoms with Gasteiger partial charge in [-0.25, -0.2) is 0 Å². The maximum absolute atomic E-state index is 2.36. The van der Waals surface area contributed by atoms with Crippen LogP contribution in [-0.2, 0) is 0 Å². The molecule has 1 unspecified atom stereocenters. The molecule has 1 aromatic rings. The van der Waals surface area contributed by atoms with Crippen molar-refractivity contribution in [1.82, 2.24) is 0 Å². The molecule has 0 amide bonds. The highest BCUT2D eigenvalue weighted by atomic mass is 31.1. The molecule has 1 heteroatoms. The second kappa shape index (κ2) is 6.40. The highest BCUT2D eigenvalue weighted by molar-refractivity contribution is 7.66. The molecular formula is C15H23P. The quantitative estimate of drug-likeness (QED) is 0.671. The average molecular weight is 234 g/mol. The first-order chi connectivity index (χ1) is 7.92. The van der Waals surface area contributed by atoms with Crippen molar-refractivity contribution in [3.05, 3.63) is 30.3 Å². The molecule has 0 radical (unpaired) electrons. The molecule has 0 nitrogen and oxygen atoms in total. The van der Waals surface area contributed by atoms with Gasteiger partial charge in [-0.15, -0.1) is 0 Å². The van der Waals surface area contributed by atoms with E-state index in [1.54, 1.807) is 5.30 Å². The van der Waals surface area contributed by atoms with Gasteiger partial charge in [0.25, 0.3) is 0 Å². The van der Waals surface area contributed by atoms with Crippen molar-refractivity contribution in [3.63, 3.8) is 0 Å². The topological polar surface area (TPSA) is 0 Å². The summed E-state index contributed by atoms with van der Waals surface area (Å²) in [6.07, 6.45) is 10.2. The summed E-state index contributed by atoms with van der Waals surface area (Å²) >= 11 is 0. The van der Waals surface area contributed by atoms with Crippen LogP contribution in [0.25, 0.3) is 0 Å². The van der Waals surface area contributed by atoms with Crippen LogP contribution in [0.1, 0.15) is 45.4 Å². The van der Waals surface area contributed by atoms with Gasteiger partial charge in [-0.1, -0.05) is 70.9 Å². The van der Waals surface area contributed by atoms with Gasteiger partial charge in [-0.05, 0) is 30.0 Å². The Hall–Kier alpha value is -0.350. The number of hydrogen-bond acceptors (Lipinski definition) is 0. The zero-order chi connectivity index (χ0) is 11.2. The van der Waals surface area contributed by atoms with Gasteiger partial charge in [0.2, 0.25) is 0 Å². The molecule has 1 saturated carbocycles. The van der Waals surface area contributed by atoms with E-state index >= 15 is 0 Å². The monoisotopic (exact) mass is 234 g/mol. The van der Waals surface area contributed by atoms with Gasteiger partial charge in [0.05, 0.1) is 0 Å². The van der Waals surface area contributed by atoms with Crippen LogP contribution >= 0.6 is 7.92 Å². The third-order valence-electron chi connectivity index (χ3n) is 3.57. The van der Waals surface area contributed by atoms with E-state index in [1.807, 2.05) is 0 Å². The fourth-order valence-electron chi connectivity index (χ4n) is 2.78. The van der Waals surface area contributed by atoms with Gasteiger partial charge < -0.3 is 0 Å². The SMILES string of the molecule is CCCP(c1ccccc1)C1CCCCC1. The molecule has 0 heterocycles. The largest absolute Gasteiger partial charge is 0.0722 e. The van der Waals surface area contributed by atoms with E-state index in [0.717, 1.165) is 5.66 Å². The summed E-state index contributed by atoms with van der Waals surface area (Å²) in [6.45, 7) is 2.33. The summed E-state index contributed by atoms with van der Waals surface area (Å²) in [5.74, 6) is 0. The van der Waals surface area contributed by atoms with Crippen molar-refractivity contribution in [2.45, 2.75) is 51.1 Å². The van der Waals surface area contributed by atoms with Crippen LogP contribution in [0.5, 0.6) is 0 Å². The van der Waals surface area contributed by atoms with Crippen molar-refractivity contribution in [2.75, 3.05) is 6.16 Å². The molecule has 0 saturated heterocycles. The number of rotatable bonds is 4. The van der Waals surface area contributed by atoms with Crippen LogP contribution in [0.15, 0.2) is 30.3 Å². The molecule has 1 aromatic carbocycles. The van der Waals surface area contributed by atoms with Crippen molar-refractivity contribution >= 4 is 13.2 Å². The molecule has 1 aliphatic carbocycles. The van der Waals surface area contributed by atoms with Crippen LogP contribution in [0.3, 0.4) is 0 Å². The molecule has 1 aliphatic rings. The van der Waals surface area contributed by atoms with Crippen molar-refractivity contribution < 1.29 is 0 Å². The van der Waals surface area contributed by atoms with Gasteiger partial charge in [0, 0.05) is 0 Å². The lowest BCUT2D eigenvalue weighted by atomic mass is 10.0. The lowest BCUT2D eigenvalue weighted by Gasteiger charge is -2.31. The number of benzene rings is 1. The maximum Gasteiger partial charge on any atom is -0.0169 e. The van der Waals surface area contributed by atoms with Crippen LogP contribution in [0.2, 0.25) is 0 Å². The van der Waals surface area contributed by atoms with E-state index in [1.165, 1.54) is 44.7 Å². The fourth-order valence-corrected chi connectivity index (χ4v) is 5.85. The van der Waals surface area contributed by atoms with Crippen molar-refractivity contribution in [3.8, 4) is 0 Å². The van der Waals surface area contributed by atoms with Gasteiger partial charge in [-0.3, -0.25) is 0 Å². The van der Waals surface area contributed by atoms with E-state index in [9.17, 15) is 0 Å². The Bertz CT molecular complexity index is 288. The van der Waals surface area contributed by atoms with E-state index in [4.69, 9.17) is 0 Å². The summed E-state index contributed by atoms with van der Waals surface area (Å²) < 4.78 is 0. The summed E-state index contributed by atoms with van der Waals surface area (Å²) in [7, 11) is 0.126. The Labute approximate surface area is 101 Å². The highest BCUT2D eigenvalue weighted by Crippen LogP contribution is 2.47. The van der Waals surface area contributed by atoms with E-state index < -0.39 is 0 Å². The first kappa shape index (κ1) is 12.1. The number of hydrogen-bond donors (Lipinski definition) is 0. The molecular weight excluding hydrogens is 211 g/mol. The molecule has 0 spiro atoms. The lowest BCUT2D eigenvalue weighted by Crippen LogP contribution is -2.18. The maximum atomic E-state index is 2.36. The Morgan fingerprint density at radius 3 is 2.38 bits per heavy atom. The standard InChI is InChI=1S/C15H23P/c1-2-13-16(14-9-5-3-6-10-14)15-11-7-4-8-12-15/h3,5-6,9-10,15H,2,4,7-8,11-13H2,1H3. The third kappa shape index (κ3) is 3.08. The van der Waals surface area contributed by atoms with Crippen LogP contribution in [0, 0.1) is 0 Å². The molecule has 0 aliphatic heterocycles. The molecule has 1 atom stereocenters. The minimum absolute atomic E-state index is 0.126. The molecule has 2 rings (SSSR count). The van der Waals surface area contributed by atoms with Gasteiger partial charge in [0.15, 0.2) is 0 Å². The van der Waals surface area contributed by atoms with Crippen molar-refractivity contribution in [2.24, 2.45) is 0 Å². The normalized spacial score (nSPS) is 19.6. The van der Waals surface area contributed by atoms with Crippen LogP contribution in [0.4, 0.5) is 0 Å². The van der Waals surface area contributed by atoms with Gasteiger partial charge >= 0.3 is 0 Å². The second-order valence-corrected chi connectivity index (χ2v) is 7.45. The summed E-state index contributed by atoms with van der Waals surface area (Å²) in [4.78, 5) is 0.